The van der Waals surface area contributed by atoms with Crippen LogP contribution in [0.4, 0.5) is 0 Å². The van der Waals surface area contributed by atoms with Crippen molar-refractivity contribution in [3.05, 3.63) is 24.3 Å². The van der Waals surface area contributed by atoms with Crippen molar-refractivity contribution in [3.63, 3.8) is 0 Å². The molecular weight excluding hydrogens is 286 g/mol. The summed E-state index contributed by atoms with van der Waals surface area (Å²) in [5.74, 6) is 2.23. The van der Waals surface area contributed by atoms with Gasteiger partial charge in [0.1, 0.15) is 5.75 Å². The molecule has 21 heavy (non-hydrogen) atoms. The number of rotatable bonds is 6. The van der Waals surface area contributed by atoms with Crippen molar-refractivity contribution in [1.82, 2.24) is 14.8 Å². The molecular formula is C15H21N3O2S. The first-order valence-electron chi connectivity index (χ1n) is 6.87. The molecule has 2 aromatic rings. The van der Waals surface area contributed by atoms with Gasteiger partial charge in [-0.1, -0.05) is 11.8 Å². The van der Waals surface area contributed by atoms with E-state index in [1.165, 1.54) is 11.8 Å². The van der Waals surface area contributed by atoms with Crippen molar-refractivity contribution in [3.8, 4) is 17.1 Å². The van der Waals surface area contributed by atoms with Gasteiger partial charge in [0.25, 0.3) is 0 Å². The molecule has 1 N–H and O–H groups in total. The van der Waals surface area contributed by atoms with E-state index < -0.39 is 5.60 Å². The van der Waals surface area contributed by atoms with Crippen LogP contribution in [0, 0.1) is 0 Å². The zero-order chi connectivity index (χ0) is 15.5. The van der Waals surface area contributed by atoms with Gasteiger partial charge in [0, 0.05) is 17.9 Å². The number of aliphatic hydroxyl groups is 1. The summed E-state index contributed by atoms with van der Waals surface area (Å²) in [5.41, 5.74) is 0.274. The molecule has 114 valence electrons. The monoisotopic (exact) mass is 307 g/mol. The molecule has 0 aliphatic carbocycles. The Kier molecular flexibility index (Phi) is 4.90. The number of aromatic nitrogens is 3. The van der Waals surface area contributed by atoms with Crippen LogP contribution in [0.2, 0.25) is 0 Å². The first-order chi connectivity index (χ1) is 9.94. The summed E-state index contributed by atoms with van der Waals surface area (Å²) in [7, 11) is 1.65. The van der Waals surface area contributed by atoms with Gasteiger partial charge < -0.3 is 14.4 Å². The molecule has 0 bridgehead atoms. The highest BCUT2D eigenvalue weighted by Gasteiger charge is 2.18. The fraction of sp³-hybridized carbons (Fsp3) is 0.467. The number of thioether (sulfide) groups is 1. The normalized spacial score (nSPS) is 11.7. The van der Waals surface area contributed by atoms with Crippen molar-refractivity contribution in [2.75, 3.05) is 12.9 Å². The topological polar surface area (TPSA) is 60.2 Å². The molecule has 0 aliphatic heterocycles. The zero-order valence-corrected chi connectivity index (χ0v) is 13.6. The van der Waals surface area contributed by atoms with Crippen LogP contribution in [-0.4, -0.2) is 38.3 Å². The summed E-state index contributed by atoms with van der Waals surface area (Å²) in [6.07, 6.45) is 0. The summed E-state index contributed by atoms with van der Waals surface area (Å²) in [5, 5.41) is 19.2. The van der Waals surface area contributed by atoms with Gasteiger partial charge in [-0.2, -0.15) is 0 Å². The van der Waals surface area contributed by atoms with E-state index in [-0.39, 0.29) is 0 Å². The van der Waals surface area contributed by atoms with Crippen molar-refractivity contribution in [1.29, 1.82) is 0 Å². The Morgan fingerprint density at radius 2 is 1.90 bits per heavy atom. The van der Waals surface area contributed by atoms with Gasteiger partial charge >= 0.3 is 0 Å². The summed E-state index contributed by atoms with van der Waals surface area (Å²) >= 11 is 1.52. The maximum absolute atomic E-state index is 9.83. The third-order valence-electron chi connectivity index (χ3n) is 2.94. The minimum absolute atomic E-state index is 0.577. The second-order valence-corrected chi connectivity index (χ2v) is 6.32. The van der Waals surface area contributed by atoms with Crippen molar-refractivity contribution < 1.29 is 9.84 Å². The Morgan fingerprint density at radius 3 is 2.43 bits per heavy atom. The van der Waals surface area contributed by atoms with Crippen LogP contribution in [0.5, 0.6) is 5.75 Å². The molecule has 0 spiro atoms. The van der Waals surface area contributed by atoms with Gasteiger partial charge in [0.2, 0.25) is 0 Å². The van der Waals surface area contributed by atoms with Gasteiger partial charge in [-0.05, 0) is 45.0 Å². The van der Waals surface area contributed by atoms with E-state index >= 15 is 0 Å². The Labute approximate surface area is 129 Å². The molecule has 0 aliphatic rings. The molecule has 0 amide bonds. The SMILES string of the molecule is CCn1c(SCC(C)(C)O)nnc1-c1ccc(OC)cc1. The summed E-state index contributed by atoms with van der Waals surface area (Å²) < 4.78 is 7.22. The average Bonchev–Trinajstić information content (AvgIpc) is 2.87. The molecule has 1 aromatic heterocycles. The quantitative estimate of drug-likeness (QED) is 0.832. The molecule has 0 saturated carbocycles. The molecule has 1 heterocycles. The Morgan fingerprint density at radius 1 is 1.24 bits per heavy atom. The first-order valence-corrected chi connectivity index (χ1v) is 7.86. The third-order valence-corrected chi connectivity index (χ3v) is 4.35. The van der Waals surface area contributed by atoms with Crippen LogP contribution in [0.25, 0.3) is 11.4 Å². The largest absolute Gasteiger partial charge is 0.497 e. The van der Waals surface area contributed by atoms with Gasteiger partial charge in [-0.25, -0.2) is 0 Å². The molecule has 5 nitrogen and oxygen atoms in total. The molecule has 0 atom stereocenters. The zero-order valence-electron chi connectivity index (χ0n) is 12.8. The number of nitrogens with zero attached hydrogens (tertiary/aromatic N) is 3. The van der Waals surface area contributed by atoms with Crippen LogP contribution in [0.3, 0.4) is 0 Å². The fourth-order valence-corrected chi connectivity index (χ4v) is 2.83. The number of hydrogen-bond acceptors (Lipinski definition) is 5. The van der Waals surface area contributed by atoms with Gasteiger partial charge in [0.15, 0.2) is 11.0 Å². The number of methoxy groups -OCH3 is 1. The van der Waals surface area contributed by atoms with Crippen LogP contribution < -0.4 is 4.74 Å². The highest BCUT2D eigenvalue weighted by Crippen LogP contribution is 2.27. The van der Waals surface area contributed by atoms with Crippen LogP contribution in [-0.2, 0) is 6.54 Å². The van der Waals surface area contributed by atoms with E-state index in [4.69, 9.17) is 4.74 Å². The number of ether oxygens (including phenoxy) is 1. The lowest BCUT2D eigenvalue weighted by Crippen LogP contribution is -2.22. The molecule has 6 heteroatoms. The van der Waals surface area contributed by atoms with E-state index in [1.807, 2.05) is 24.3 Å². The maximum Gasteiger partial charge on any atom is 0.191 e. The summed E-state index contributed by atoms with van der Waals surface area (Å²) in [6, 6.07) is 7.76. The van der Waals surface area contributed by atoms with E-state index in [9.17, 15) is 5.11 Å². The Bertz CT molecular complexity index is 588. The van der Waals surface area contributed by atoms with Crippen LogP contribution in [0.15, 0.2) is 29.4 Å². The molecule has 0 saturated heterocycles. The molecule has 0 radical (unpaired) electrons. The lowest BCUT2D eigenvalue weighted by molar-refractivity contribution is 0.107. The lowest BCUT2D eigenvalue weighted by Gasteiger charge is -2.16. The maximum atomic E-state index is 9.83. The molecule has 0 unspecified atom stereocenters. The standard InChI is InChI=1S/C15H21N3O2S/c1-5-18-13(11-6-8-12(20-4)9-7-11)16-17-14(18)21-10-15(2,3)19/h6-9,19H,5,10H2,1-4H3. The van der Waals surface area contributed by atoms with E-state index in [2.05, 4.69) is 21.7 Å². The van der Waals surface area contributed by atoms with Gasteiger partial charge in [-0.15, -0.1) is 10.2 Å². The number of hydrogen-bond donors (Lipinski definition) is 1. The summed E-state index contributed by atoms with van der Waals surface area (Å²) in [4.78, 5) is 0. The van der Waals surface area contributed by atoms with Gasteiger partial charge in [0.05, 0.1) is 12.7 Å². The van der Waals surface area contributed by atoms with Crippen LogP contribution >= 0.6 is 11.8 Å². The summed E-state index contributed by atoms with van der Waals surface area (Å²) in [6.45, 7) is 6.42. The third kappa shape index (κ3) is 3.98. The highest BCUT2D eigenvalue weighted by atomic mass is 32.2. The Hall–Kier alpha value is -1.53. The highest BCUT2D eigenvalue weighted by molar-refractivity contribution is 7.99. The van der Waals surface area contributed by atoms with E-state index in [0.29, 0.717) is 5.75 Å². The minimum Gasteiger partial charge on any atom is -0.497 e. The molecule has 1 aromatic carbocycles. The van der Waals surface area contributed by atoms with Crippen molar-refractivity contribution >= 4 is 11.8 Å². The number of benzene rings is 1. The smallest absolute Gasteiger partial charge is 0.191 e. The van der Waals surface area contributed by atoms with E-state index in [0.717, 1.165) is 28.8 Å². The van der Waals surface area contributed by atoms with Crippen molar-refractivity contribution in [2.24, 2.45) is 0 Å². The van der Waals surface area contributed by atoms with E-state index in [1.54, 1.807) is 21.0 Å². The Balaban J connectivity index is 2.26. The molecule has 2 rings (SSSR count). The second-order valence-electron chi connectivity index (χ2n) is 5.38. The first kappa shape index (κ1) is 15.9. The predicted molar refractivity (Wildman–Crippen MR) is 84.7 cm³/mol. The molecule has 0 fully saturated rings. The van der Waals surface area contributed by atoms with Crippen LogP contribution in [0.1, 0.15) is 20.8 Å². The van der Waals surface area contributed by atoms with Crippen molar-refractivity contribution in [2.45, 2.75) is 38.1 Å². The lowest BCUT2D eigenvalue weighted by atomic mass is 10.2. The van der Waals surface area contributed by atoms with Gasteiger partial charge in [-0.3, -0.25) is 0 Å². The fourth-order valence-electron chi connectivity index (χ4n) is 1.88. The minimum atomic E-state index is -0.727. The predicted octanol–water partition coefficient (Wildman–Crippen LogP) is 2.84. The second kappa shape index (κ2) is 6.49. The average molecular weight is 307 g/mol.